The van der Waals surface area contributed by atoms with Crippen LogP contribution in [-0.4, -0.2) is 73.6 Å². The van der Waals surface area contributed by atoms with Gasteiger partial charge in [-0.2, -0.15) is 0 Å². The van der Waals surface area contributed by atoms with Gasteiger partial charge in [-0.25, -0.2) is 4.79 Å². The van der Waals surface area contributed by atoms with Crippen molar-refractivity contribution in [2.45, 2.75) is 70.3 Å². The fraction of sp³-hybridized carbons (Fsp3) is 0.625. The molecule has 9 nitrogen and oxygen atoms in total. The molecule has 9 heteroatoms. The van der Waals surface area contributed by atoms with Crippen LogP contribution in [0.3, 0.4) is 0 Å². The molecule has 0 radical (unpaired) electrons. The monoisotopic (exact) mass is 467 g/mol. The van der Waals surface area contributed by atoms with E-state index in [2.05, 4.69) is 31.7 Å². The van der Waals surface area contributed by atoms with E-state index in [0.29, 0.717) is 5.75 Å². The van der Waals surface area contributed by atoms with Gasteiger partial charge < -0.3 is 30.4 Å². The Morgan fingerprint density at radius 3 is 2.18 bits per heavy atom. The zero-order valence-corrected chi connectivity index (χ0v) is 19.7. The van der Waals surface area contributed by atoms with Gasteiger partial charge in [0, 0.05) is 12.0 Å². The van der Waals surface area contributed by atoms with Crippen LogP contribution in [0.4, 0.5) is 0 Å². The van der Waals surface area contributed by atoms with Crippen molar-refractivity contribution in [1.82, 2.24) is 4.90 Å². The van der Waals surface area contributed by atoms with Crippen LogP contribution < -0.4 is 0 Å². The first-order chi connectivity index (χ1) is 15.3. The number of hydrogen-bond donors (Lipinski definition) is 5. The molecule has 1 aromatic carbocycles. The summed E-state index contributed by atoms with van der Waals surface area (Å²) >= 11 is 0. The van der Waals surface area contributed by atoms with Crippen LogP contribution in [0.25, 0.3) is 0 Å². The van der Waals surface area contributed by atoms with Gasteiger partial charge in [-0.15, -0.1) is 0 Å². The van der Waals surface area contributed by atoms with Crippen LogP contribution in [0.5, 0.6) is 5.75 Å². The third-order valence-corrected chi connectivity index (χ3v) is 5.93. The molecule has 186 valence electrons. The molecule has 1 atom stereocenters. The van der Waals surface area contributed by atoms with Crippen molar-refractivity contribution in [3.05, 3.63) is 29.8 Å². The van der Waals surface area contributed by atoms with E-state index in [0.717, 1.165) is 12.5 Å². The molecule has 0 amide bonds. The molecule has 33 heavy (non-hydrogen) atoms. The van der Waals surface area contributed by atoms with Gasteiger partial charge in [0.15, 0.2) is 5.60 Å². The Labute approximate surface area is 194 Å². The molecule has 0 aliphatic carbocycles. The quantitative estimate of drug-likeness (QED) is 0.330. The normalized spacial score (nSPS) is 18.6. The second-order valence-electron chi connectivity index (χ2n) is 9.27. The number of nitrogens with zero attached hydrogens (tertiary/aromatic N) is 1. The van der Waals surface area contributed by atoms with Gasteiger partial charge in [0.25, 0.3) is 0 Å². The first-order valence-electron chi connectivity index (χ1n) is 11.2. The van der Waals surface area contributed by atoms with Gasteiger partial charge in [0.2, 0.25) is 0 Å². The molecule has 1 saturated heterocycles. The summed E-state index contributed by atoms with van der Waals surface area (Å²) in [6.45, 7) is 10.4. The fourth-order valence-electron chi connectivity index (χ4n) is 4.20. The molecule has 1 fully saturated rings. The third kappa shape index (κ3) is 9.01. The van der Waals surface area contributed by atoms with Crippen molar-refractivity contribution >= 4 is 17.9 Å². The van der Waals surface area contributed by atoms with E-state index < -0.39 is 36.4 Å². The average Bonchev–Trinajstić information content (AvgIpc) is 3.10. The van der Waals surface area contributed by atoms with Crippen molar-refractivity contribution < 1.29 is 39.9 Å². The molecular weight excluding hydrogens is 430 g/mol. The number of aromatic hydroxyl groups is 1. The lowest BCUT2D eigenvalue weighted by molar-refractivity contribution is -0.170. The number of carboxylic acid groups (broad SMARTS) is 3. The van der Waals surface area contributed by atoms with Crippen LogP contribution in [0.2, 0.25) is 0 Å². The minimum absolute atomic E-state index is 0.254. The number of aliphatic carboxylic acids is 3. The zero-order valence-electron chi connectivity index (χ0n) is 19.7. The average molecular weight is 468 g/mol. The molecule has 0 spiro atoms. The Bertz CT molecular complexity index is 793. The third-order valence-electron chi connectivity index (χ3n) is 5.93. The summed E-state index contributed by atoms with van der Waals surface area (Å²) in [5, 5.41) is 43.6. The summed E-state index contributed by atoms with van der Waals surface area (Å²) in [7, 11) is 0. The standard InChI is InChI=1S/C18H29NO.C6H8O7/c1-4-9-18(16-6-5-7-17(20)13-16)10-12-19(14-18)11-8-15(2)3;7-3(8)1-6(13,5(11)12)2-4(9)10/h5-7,13,15,20H,4,8-12,14H2,1-3H3;13H,1-2H2,(H,7,8)(H,9,10)(H,11,12). The molecule has 5 N–H and O–H groups in total. The predicted octanol–water partition coefficient (Wildman–Crippen LogP) is 2.93. The first-order valence-corrected chi connectivity index (χ1v) is 11.2. The summed E-state index contributed by atoms with van der Waals surface area (Å²) in [6.07, 6.45) is 2.64. The van der Waals surface area contributed by atoms with Gasteiger partial charge in [0.05, 0.1) is 12.8 Å². The van der Waals surface area contributed by atoms with Crippen LogP contribution in [0, 0.1) is 5.92 Å². The van der Waals surface area contributed by atoms with E-state index >= 15 is 0 Å². The van der Waals surface area contributed by atoms with Gasteiger partial charge in [-0.1, -0.05) is 39.3 Å². The number of phenols is 1. The zero-order chi connectivity index (χ0) is 25.2. The number of carboxylic acids is 3. The van der Waals surface area contributed by atoms with Crippen molar-refractivity contribution in [3.63, 3.8) is 0 Å². The number of rotatable bonds is 11. The molecule has 1 heterocycles. The molecule has 1 aromatic rings. The van der Waals surface area contributed by atoms with Crippen LogP contribution in [0.15, 0.2) is 24.3 Å². The highest BCUT2D eigenvalue weighted by atomic mass is 16.4. The molecule has 1 aliphatic heterocycles. The summed E-state index contributed by atoms with van der Waals surface area (Å²) in [5.41, 5.74) is -1.16. The van der Waals surface area contributed by atoms with Crippen molar-refractivity contribution in [3.8, 4) is 5.75 Å². The minimum Gasteiger partial charge on any atom is -0.508 e. The van der Waals surface area contributed by atoms with Crippen LogP contribution >= 0.6 is 0 Å². The molecule has 0 aromatic heterocycles. The summed E-state index contributed by atoms with van der Waals surface area (Å²) in [5.74, 6) is -3.84. The van der Waals surface area contributed by atoms with Crippen molar-refractivity contribution in [2.75, 3.05) is 19.6 Å². The Morgan fingerprint density at radius 2 is 1.73 bits per heavy atom. The lowest BCUT2D eigenvalue weighted by Crippen LogP contribution is -2.42. The summed E-state index contributed by atoms with van der Waals surface area (Å²) in [6, 6.07) is 7.93. The van der Waals surface area contributed by atoms with Crippen molar-refractivity contribution in [1.29, 1.82) is 0 Å². The minimum atomic E-state index is -2.74. The van der Waals surface area contributed by atoms with E-state index in [9.17, 15) is 19.5 Å². The Balaban J connectivity index is 0.000000366. The van der Waals surface area contributed by atoms with Crippen LogP contribution in [0.1, 0.15) is 64.9 Å². The largest absolute Gasteiger partial charge is 0.508 e. The molecule has 2 rings (SSSR count). The topological polar surface area (TPSA) is 156 Å². The molecule has 0 bridgehead atoms. The van der Waals surface area contributed by atoms with Gasteiger partial charge in [0.1, 0.15) is 5.75 Å². The molecular formula is C24H37NO8. The van der Waals surface area contributed by atoms with E-state index in [1.54, 1.807) is 6.07 Å². The van der Waals surface area contributed by atoms with Crippen molar-refractivity contribution in [2.24, 2.45) is 5.92 Å². The van der Waals surface area contributed by atoms with E-state index in [1.807, 2.05) is 12.1 Å². The number of phenolic OH excluding ortho intramolecular Hbond substituents is 1. The number of aliphatic hydroxyl groups is 1. The Kier molecular flexibility index (Phi) is 10.8. The number of benzene rings is 1. The maximum absolute atomic E-state index is 10.3. The highest BCUT2D eigenvalue weighted by Gasteiger charge is 2.41. The fourth-order valence-corrected chi connectivity index (χ4v) is 4.20. The summed E-state index contributed by atoms with van der Waals surface area (Å²) in [4.78, 5) is 33.1. The summed E-state index contributed by atoms with van der Waals surface area (Å²) < 4.78 is 0. The number of hydrogen-bond acceptors (Lipinski definition) is 6. The number of carbonyl (C=O) groups is 3. The Hall–Kier alpha value is -2.65. The van der Waals surface area contributed by atoms with Gasteiger partial charge in [-0.05, 0) is 56.0 Å². The smallest absolute Gasteiger partial charge is 0.336 e. The lowest BCUT2D eigenvalue weighted by Gasteiger charge is -2.30. The highest BCUT2D eigenvalue weighted by Crippen LogP contribution is 2.39. The van der Waals surface area contributed by atoms with E-state index in [-0.39, 0.29) is 5.41 Å². The molecule has 1 unspecified atom stereocenters. The SMILES string of the molecule is CCCC1(c2cccc(O)c2)CCN(CCC(C)C)C1.O=C(O)CC(O)(CC(=O)O)C(=O)O. The second kappa shape index (κ2) is 12.6. The van der Waals surface area contributed by atoms with Crippen LogP contribution in [-0.2, 0) is 19.8 Å². The van der Waals surface area contributed by atoms with E-state index in [1.165, 1.54) is 44.3 Å². The number of likely N-dealkylation sites (tertiary alicyclic amines) is 1. The van der Waals surface area contributed by atoms with E-state index in [4.69, 9.17) is 20.4 Å². The van der Waals surface area contributed by atoms with Gasteiger partial charge in [-0.3, -0.25) is 9.59 Å². The Morgan fingerprint density at radius 1 is 1.12 bits per heavy atom. The maximum Gasteiger partial charge on any atom is 0.336 e. The van der Waals surface area contributed by atoms with Gasteiger partial charge >= 0.3 is 17.9 Å². The highest BCUT2D eigenvalue weighted by molar-refractivity contribution is 5.88. The predicted molar refractivity (Wildman–Crippen MR) is 122 cm³/mol. The molecule has 0 saturated carbocycles. The maximum atomic E-state index is 10.3. The lowest BCUT2D eigenvalue weighted by atomic mass is 9.76. The molecule has 1 aliphatic rings. The second-order valence-corrected chi connectivity index (χ2v) is 9.27. The first kappa shape index (κ1) is 28.4.